The van der Waals surface area contributed by atoms with Crippen LogP contribution in [0.4, 0.5) is 5.13 Å². The molecule has 0 aromatic carbocycles. The number of aromatic nitrogens is 1. The number of anilines is 1. The van der Waals surface area contributed by atoms with Crippen LogP contribution in [0.2, 0.25) is 0 Å². The summed E-state index contributed by atoms with van der Waals surface area (Å²) in [5.74, 6) is 0.205. The summed E-state index contributed by atoms with van der Waals surface area (Å²) in [6, 6.07) is 4.28. The Morgan fingerprint density at radius 1 is 1.43 bits per heavy atom. The Balaban J connectivity index is 1.49. The van der Waals surface area contributed by atoms with Crippen molar-refractivity contribution in [2.24, 2.45) is 5.92 Å². The van der Waals surface area contributed by atoms with Gasteiger partial charge in [-0.3, -0.25) is 4.79 Å². The Morgan fingerprint density at radius 3 is 3.14 bits per heavy atom. The molecule has 3 heterocycles. The minimum Gasteiger partial charge on any atom is -0.302 e. The van der Waals surface area contributed by atoms with Crippen molar-refractivity contribution in [3.8, 4) is 0 Å². The highest BCUT2D eigenvalue weighted by atomic mass is 32.1. The van der Waals surface area contributed by atoms with Crippen LogP contribution in [0.3, 0.4) is 0 Å². The van der Waals surface area contributed by atoms with E-state index in [1.54, 1.807) is 6.20 Å². The zero-order valence-electron chi connectivity index (χ0n) is 11.8. The van der Waals surface area contributed by atoms with E-state index in [0.717, 1.165) is 38.9 Å². The number of hydrogen-bond acceptors (Lipinski definition) is 5. The molecule has 0 bridgehead atoms. The van der Waals surface area contributed by atoms with Crippen molar-refractivity contribution in [1.29, 1.82) is 0 Å². The summed E-state index contributed by atoms with van der Waals surface area (Å²) >= 11 is 3.28. The number of rotatable bonds is 5. The van der Waals surface area contributed by atoms with Crippen LogP contribution in [0.15, 0.2) is 29.1 Å². The first-order valence-corrected chi connectivity index (χ1v) is 9.02. The van der Waals surface area contributed by atoms with Crippen molar-refractivity contribution in [2.45, 2.75) is 19.3 Å². The number of carbonyl (C=O) groups is 1. The summed E-state index contributed by atoms with van der Waals surface area (Å²) in [6.07, 6.45) is 4.88. The lowest BCUT2D eigenvalue weighted by atomic mass is 9.97. The molecule has 4 nitrogen and oxygen atoms in total. The second kappa shape index (κ2) is 7.15. The average Bonchev–Trinajstić information content (AvgIpc) is 3.19. The van der Waals surface area contributed by atoms with Gasteiger partial charge in [0.05, 0.1) is 5.92 Å². The number of carbonyl (C=O) groups excluding carboxylic acids is 1. The zero-order valence-corrected chi connectivity index (χ0v) is 13.5. The van der Waals surface area contributed by atoms with Crippen LogP contribution >= 0.6 is 22.7 Å². The standard InChI is InChI=1S/C15H19N3OS2/c19-14(17-15-16-6-10-21-15)12-3-1-7-18(11-12)8-5-13-4-2-9-20-13/h2,4,6,9-10,12H,1,3,5,7-8,11H2,(H,16,17,19)/t12-/m0/s1. The molecule has 1 saturated heterocycles. The first-order chi connectivity index (χ1) is 10.3. The van der Waals surface area contributed by atoms with Gasteiger partial charge in [0.25, 0.3) is 0 Å². The quantitative estimate of drug-likeness (QED) is 0.920. The van der Waals surface area contributed by atoms with E-state index in [9.17, 15) is 4.79 Å². The molecule has 0 aliphatic carbocycles. The summed E-state index contributed by atoms with van der Waals surface area (Å²) in [5.41, 5.74) is 0. The van der Waals surface area contributed by atoms with Gasteiger partial charge in [0.15, 0.2) is 5.13 Å². The predicted octanol–water partition coefficient (Wildman–Crippen LogP) is 3.10. The van der Waals surface area contributed by atoms with Gasteiger partial charge in [0, 0.05) is 29.5 Å². The molecule has 1 atom stereocenters. The van der Waals surface area contributed by atoms with Gasteiger partial charge in [0.2, 0.25) is 5.91 Å². The van der Waals surface area contributed by atoms with Gasteiger partial charge in [-0.2, -0.15) is 0 Å². The monoisotopic (exact) mass is 321 g/mol. The largest absolute Gasteiger partial charge is 0.302 e. The molecule has 3 rings (SSSR count). The van der Waals surface area contributed by atoms with Crippen molar-refractivity contribution in [1.82, 2.24) is 9.88 Å². The number of thiophene rings is 1. The molecule has 0 radical (unpaired) electrons. The van der Waals surface area contributed by atoms with Crippen LogP contribution in [0.5, 0.6) is 0 Å². The predicted molar refractivity (Wildman–Crippen MR) is 87.9 cm³/mol. The van der Waals surface area contributed by atoms with Crippen molar-refractivity contribution < 1.29 is 4.79 Å². The molecule has 1 amide bonds. The molecule has 2 aromatic heterocycles. The van der Waals surface area contributed by atoms with E-state index in [-0.39, 0.29) is 11.8 Å². The summed E-state index contributed by atoms with van der Waals surface area (Å²) in [6.45, 7) is 3.01. The number of nitrogens with zero attached hydrogens (tertiary/aromatic N) is 2. The molecule has 112 valence electrons. The van der Waals surface area contributed by atoms with E-state index < -0.39 is 0 Å². The Hall–Kier alpha value is -1.24. The molecule has 1 fully saturated rings. The van der Waals surface area contributed by atoms with Crippen molar-refractivity contribution in [2.75, 3.05) is 25.0 Å². The highest BCUT2D eigenvalue weighted by molar-refractivity contribution is 7.13. The molecule has 1 N–H and O–H groups in total. The molecule has 21 heavy (non-hydrogen) atoms. The number of thiazole rings is 1. The van der Waals surface area contributed by atoms with Crippen LogP contribution in [-0.4, -0.2) is 35.4 Å². The summed E-state index contributed by atoms with van der Waals surface area (Å²) in [7, 11) is 0. The van der Waals surface area contributed by atoms with Gasteiger partial charge >= 0.3 is 0 Å². The van der Waals surface area contributed by atoms with Gasteiger partial charge in [0.1, 0.15) is 0 Å². The van der Waals surface area contributed by atoms with E-state index in [2.05, 4.69) is 32.7 Å². The van der Waals surface area contributed by atoms with Crippen LogP contribution in [0.25, 0.3) is 0 Å². The summed E-state index contributed by atoms with van der Waals surface area (Å²) < 4.78 is 0. The molecular weight excluding hydrogens is 302 g/mol. The lowest BCUT2D eigenvalue weighted by molar-refractivity contribution is -0.121. The van der Waals surface area contributed by atoms with Crippen molar-refractivity contribution >= 4 is 33.7 Å². The van der Waals surface area contributed by atoms with Gasteiger partial charge in [-0.15, -0.1) is 22.7 Å². The normalized spacial score (nSPS) is 19.5. The second-order valence-electron chi connectivity index (χ2n) is 5.30. The highest BCUT2D eigenvalue weighted by Gasteiger charge is 2.26. The fourth-order valence-electron chi connectivity index (χ4n) is 2.69. The van der Waals surface area contributed by atoms with E-state index in [1.807, 2.05) is 16.7 Å². The molecule has 6 heteroatoms. The number of hydrogen-bond donors (Lipinski definition) is 1. The maximum Gasteiger partial charge on any atom is 0.230 e. The first kappa shape index (κ1) is 14.7. The van der Waals surface area contributed by atoms with Gasteiger partial charge in [-0.25, -0.2) is 4.98 Å². The fraction of sp³-hybridized carbons (Fsp3) is 0.467. The lowest BCUT2D eigenvalue weighted by Gasteiger charge is -2.31. The van der Waals surface area contributed by atoms with Crippen LogP contribution in [0.1, 0.15) is 17.7 Å². The molecular formula is C15H19N3OS2. The Labute approximate surface area is 132 Å². The van der Waals surface area contributed by atoms with Gasteiger partial charge < -0.3 is 10.2 Å². The SMILES string of the molecule is O=C(Nc1nccs1)[C@H]1CCCN(CCc2cccs2)C1. The van der Waals surface area contributed by atoms with E-state index in [1.165, 1.54) is 16.2 Å². The molecule has 0 spiro atoms. The third kappa shape index (κ3) is 4.12. The number of likely N-dealkylation sites (tertiary alicyclic amines) is 1. The van der Waals surface area contributed by atoms with Crippen molar-refractivity contribution in [3.63, 3.8) is 0 Å². The molecule has 1 aliphatic heterocycles. The van der Waals surface area contributed by atoms with Crippen molar-refractivity contribution in [3.05, 3.63) is 34.0 Å². The highest BCUT2D eigenvalue weighted by Crippen LogP contribution is 2.20. The minimum atomic E-state index is 0.0889. The second-order valence-corrected chi connectivity index (χ2v) is 7.22. The molecule has 0 unspecified atom stereocenters. The van der Waals surface area contributed by atoms with E-state index >= 15 is 0 Å². The molecule has 2 aromatic rings. The average molecular weight is 321 g/mol. The third-order valence-electron chi connectivity index (χ3n) is 3.79. The van der Waals surface area contributed by atoms with Crippen LogP contribution in [0, 0.1) is 5.92 Å². The van der Waals surface area contributed by atoms with Gasteiger partial charge in [-0.1, -0.05) is 6.07 Å². The van der Waals surface area contributed by atoms with Gasteiger partial charge in [-0.05, 0) is 37.3 Å². The maximum absolute atomic E-state index is 12.3. The topological polar surface area (TPSA) is 45.2 Å². The maximum atomic E-state index is 12.3. The lowest BCUT2D eigenvalue weighted by Crippen LogP contribution is -2.41. The molecule has 0 saturated carbocycles. The number of nitrogens with one attached hydrogen (secondary N) is 1. The Kier molecular flexibility index (Phi) is 5.00. The summed E-state index contributed by atoms with van der Waals surface area (Å²) in [5, 5.41) is 7.63. The van der Waals surface area contributed by atoms with Crippen LogP contribution < -0.4 is 5.32 Å². The third-order valence-corrected chi connectivity index (χ3v) is 5.42. The first-order valence-electron chi connectivity index (χ1n) is 7.26. The summed E-state index contributed by atoms with van der Waals surface area (Å²) in [4.78, 5) is 20.2. The number of amides is 1. The minimum absolute atomic E-state index is 0.0889. The Morgan fingerprint density at radius 2 is 2.38 bits per heavy atom. The van der Waals surface area contributed by atoms with E-state index in [4.69, 9.17) is 0 Å². The zero-order chi connectivity index (χ0) is 14.5. The van der Waals surface area contributed by atoms with Crippen LogP contribution in [-0.2, 0) is 11.2 Å². The smallest absolute Gasteiger partial charge is 0.230 e. The van der Waals surface area contributed by atoms with E-state index in [0.29, 0.717) is 5.13 Å². The fourth-order valence-corrected chi connectivity index (χ4v) is 3.92. The molecule has 1 aliphatic rings. The number of piperidine rings is 1. The Bertz CT molecular complexity index is 554.